The molecule has 1 rings (SSSR count). The van der Waals surface area contributed by atoms with Gasteiger partial charge in [0.1, 0.15) is 0 Å². The Kier molecular flexibility index (Phi) is 3.91. The molecule has 0 amide bonds. The first-order valence-corrected chi connectivity index (χ1v) is 4.78. The van der Waals surface area contributed by atoms with E-state index in [4.69, 9.17) is 4.74 Å². The molecular weight excluding hydrogens is 196 g/mol. The number of nitrogens with one attached hydrogen (secondary N) is 1. The van der Waals surface area contributed by atoms with E-state index in [0.29, 0.717) is 12.4 Å². The van der Waals surface area contributed by atoms with Crippen LogP contribution in [0.25, 0.3) is 0 Å². The van der Waals surface area contributed by atoms with Crippen molar-refractivity contribution in [3.8, 4) is 5.75 Å². The minimum Gasteiger partial charge on any atom is -0.487 e. The number of nitrogens with zero attached hydrogens (tertiary/aromatic N) is 1. The molecule has 0 saturated heterocycles. The number of ether oxygens (including phenoxy) is 1. The van der Waals surface area contributed by atoms with Crippen LogP contribution in [0.4, 0.5) is 11.4 Å². The predicted molar refractivity (Wildman–Crippen MR) is 58.4 cm³/mol. The maximum absolute atomic E-state index is 10.7. The van der Waals surface area contributed by atoms with Crippen molar-refractivity contribution >= 4 is 11.4 Å². The Hall–Kier alpha value is -1.78. The van der Waals surface area contributed by atoms with Crippen LogP contribution in [0.2, 0.25) is 0 Å². The standard InChI is InChI=1S/C10H14N2O3/c1-3-6-15-10-7-8(11-2)4-5-9(10)12(13)14/h4-5,7,11H,3,6H2,1-2H3. The summed E-state index contributed by atoms with van der Waals surface area (Å²) < 4.78 is 5.31. The third-order valence-corrected chi connectivity index (χ3v) is 1.91. The van der Waals surface area contributed by atoms with Crippen LogP contribution < -0.4 is 10.1 Å². The second-order valence-electron chi connectivity index (χ2n) is 3.04. The van der Waals surface area contributed by atoms with Gasteiger partial charge in [-0.15, -0.1) is 0 Å². The van der Waals surface area contributed by atoms with E-state index in [1.54, 1.807) is 19.2 Å². The molecule has 5 nitrogen and oxygen atoms in total. The molecule has 5 heteroatoms. The largest absolute Gasteiger partial charge is 0.487 e. The Morgan fingerprint density at radius 1 is 1.53 bits per heavy atom. The Labute approximate surface area is 88.2 Å². The van der Waals surface area contributed by atoms with Gasteiger partial charge in [-0.1, -0.05) is 6.92 Å². The van der Waals surface area contributed by atoms with Gasteiger partial charge in [0.25, 0.3) is 0 Å². The number of anilines is 1. The minimum atomic E-state index is -0.440. The maximum atomic E-state index is 10.7. The summed E-state index contributed by atoms with van der Waals surface area (Å²) in [5, 5.41) is 13.6. The SMILES string of the molecule is CCCOc1cc(NC)ccc1[N+](=O)[O-]. The van der Waals surface area contributed by atoms with Gasteiger partial charge in [-0.25, -0.2) is 0 Å². The van der Waals surface area contributed by atoms with Crippen molar-refractivity contribution in [1.82, 2.24) is 0 Å². The fraction of sp³-hybridized carbons (Fsp3) is 0.400. The van der Waals surface area contributed by atoms with Crippen LogP contribution in [0.15, 0.2) is 18.2 Å². The lowest BCUT2D eigenvalue weighted by atomic mass is 10.2. The van der Waals surface area contributed by atoms with Gasteiger partial charge in [-0.2, -0.15) is 0 Å². The van der Waals surface area contributed by atoms with E-state index in [9.17, 15) is 10.1 Å². The molecule has 15 heavy (non-hydrogen) atoms. The molecule has 1 aromatic rings. The van der Waals surface area contributed by atoms with Crippen molar-refractivity contribution < 1.29 is 9.66 Å². The fourth-order valence-electron chi connectivity index (χ4n) is 1.15. The van der Waals surface area contributed by atoms with Gasteiger partial charge in [-0.3, -0.25) is 10.1 Å². The quantitative estimate of drug-likeness (QED) is 0.598. The van der Waals surface area contributed by atoms with E-state index in [0.717, 1.165) is 12.1 Å². The summed E-state index contributed by atoms with van der Waals surface area (Å²) in [5.41, 5.74) is 0.800. The highest BCUT2D eigenvalue weighted by atomic mass is 16.6. The normalized spacial score (nSPS) is 9.73. The minimum absolute atomic E-state index is 0.00227. The van der Waals surface area contributed by atoms with Gasteiger partial charge in [0.2, 0.25) is 0 Å². The van der Waals surface area contributed by atoms with Crippen LogP contribution in [-0.4, -0.2) is 18.6 Å². The average Bonchev–Trinajstić information content (AvgIpc) is 2.25. The molecule has 0 atom stereocenters. The molecular formula is C10H14N2O3. The van der Waals surface area contributed by atoms with E-state index in [-0.39, 0.29) is 5.69 Å². The van der Waals surface area contributed by atoms with Crippen molar-refractivity contribution in [3.05, 3.63) is 28.3 Å². The molecule has 0 aliphatic carbocycles. The third-order valence-electron chi connectivity index (χ3n) is 1.91. The summed E-state index contributed by atoms with van der Waals surface area (Å²) in [6.07, 6.45) is 0.820. The second-order valence-corrected chi connectivity index (χ2v) is 3.04. The third kappa shape index (κ3) is 2.83. The molecule has 0 heterocycles. The zero-order chi connectivity index (χ0) is 11.3. The Morgan fingerprint density at radius 3 is 2.80 bits per heavy atom. The molecule has 0 aliphatic heterocycles. The van der Waals surface area contributed by atoms with Gasteiger partial charge in [0.05, 0.1) is 11.5 Å². The first-order chi connectivity index (χ1) is 7.19. The van der Waals surface area contributed by atoms with Gasteiger partial charge >= 0.3 is 5.69 Å². The summed E-state index contributed by atoms with van der Waals surface area (Å²) in [6.45, 7) is 2.43. The van der Waals surface area contributed by atoms with E-state index in [1.165, 1.54) is 6.07 Å². The first kappa shape index (κ1) is 11.3. The predicted octanol–water partition coefficient (Wildman–Crippen LogP) is 2.43. The van der Waals surface area contributed by atoms with Crippen LogP contribution in [0, 0.1) is 10.1 Å². The monoisotopic (exact) mass is 210 g/mol. The summed E-state index contributed by atoms with van der Waals surface area (Å²) in [6, 6.07) is 4.72. The van der Waals surface area contributed by atoms with Crippen LogP contribution in [-0.2, 0) is 0 Å². The highest BCUT2D eigenvalue weighted by molar-refractivity contribution is 5.57. The number of nitro benzene ring substituents is 1. The Morgan fingerprint density at radius 2 is 2.27 bits per heavy atom. The van der Waals surface area contributed by atoms with Gasteiger partial charge in [0, 0.05) is 24.9 Å². The number of benzene rings is 1. The Bertz CT molecular complexity index is 353. The van der Waals surface area contributed by atoms with E-state index in [1.807, 2.05) is 6.92 Å². The highest BCUT2D eigenvalue weighted by Gasteiger charge is 2.14. The lowest BCUT2D eigenvalue weighted by Crippen LogP contribution is -2.00. The number of hydrogen-bond acceptors (Lipinski definition) is 4. The zero-order valence-electron chi connectivity index (χ0n) is 8.82. The van der Waals surface area contributed by atoms with Crippen molar-refractivity contribution in [2.45, 2.75) is 13.3 Å². The maximum Gasteiger partial charge on any atom is 0.311 e. The Balaban J connectivity index is 2.99. The highest BCUT2D eigenvalue weighted by Crippen LogP contribution is 2.29. The first-order valence-electron chi connectivity index (χ1n) is 4.78. The summed E-state index contributed by atoms with van der Waals surface area (Å²) >= 11 is 0. The van der Waals surface area contributed by atoms with E-state index >= 15 is 0 Å². The fourth-order valence-corrected chi connectivity index (χ4v) is 1.15. The molecule has 1 aromatic carbocycles. The molecule has 0 fully saturated rings. The van der Waals surface area contributed by atoms with Gasteiger partial charge in [0.15, 0.2) is 5.75 Å². The average molecular weight is 210 g/mol. The molecule has 0 aliphatic rings. The zero-order valence-corrected chi connectivity index (χ0v) is 8.82. The van der Waals surface area contributed by atoms with Crippen LogP contribution >= 0.6 is 0 Å². The molecule has 1 N–H and O–H groups in total. The lowest BCUT2D eigenvalue weighted by molar-refractivity contribution is -0.385. The topological polar surface area (TPSA) is 64.4 Å². The number of rotatable bonds is 5. The van der Waals surface area contributed by atoms with Gasteiger partial charge < -0.3 is 10.1 Å². The van der Waals surface area contributed by atoms with Crippen LogP contribution in [0.1, 0.15) is 13.3 Å². The molecule has 0 spiro atoms. The van der Waals surface area contributed by atoms with Crippen molar-refractivity contribution in [2.24, 2.45) is 0 Å². The van der Waals surface area contributed by atoms with E-state index in [2.05, 4.69) is 5.32 Å². The van der Waals surface area contributed by atoms with Crippen molar-refractivity contribution in [3.63, 3.8) is 0 Å². The molecule has 0 radical (unpaired) electrons. The summed E-state index contributed by atoms with van der Waals surface area (Å²) in [7, 11) is 1.75. The van der Waals surface area contributed by atoms with Crippen molar-refractivity contribution in [2.75, 3.05) is 19.0 Å². The molecule has 0 unspecified atom stereocenters. The number of nitro groups is 1. The van der Waals surface area contributed by atoms with Crippen LogP contribution in [0.3, 0.4) is 0 Å². The summed E-state index contributed by atoms with van der Waals surface area (Å²) in [4.78, 5) is 10.2. The lowest BCUT2D eigenvalue weighted by Gasteiger charge is -2.07. The second kappa shape index (κ2) is 5.19. The molecule has 0 bridgehead atoms. The molecule has 0 saturated carbocycles. The molecule has 82 valence electrons. The summed E-state index contributed by atoms with van der Waals surface area (Å²) in [5.74, 6) is 0.314. The van der Waals surface area contributed by atoms with Crippen LogP contribution in [0.5, 0.6) is 5.75 Å². The van der Waals surface area contributed by atoms with E-state index < -0.39 is 4.92 Å². The van der Waals surface area contributed by atoms with Gasteiger partial charge in [-0.05, 0) is 12.5 Å². The number of hydrogen-bond donors (Lipinski definition) is 1. The molecule has 0 aromatic heterocycles. The smallest absolute Gasteiger partial charge is 0.311 e. The van der Waals surface area contributed by atoms with Crippen molar-refractivity contribution in [1.29, 1.82) is 0 Å².